The molecular formula is C18H20N4O6. The lowest BCUT2D eigenvalue weighted by Gasteiger charge is -2.03. The van der Waals surface area contributed by atoms with E-state index in [1.807, 2.05) is 0 Å². The first-order valence-electron chi connectivity index (χ1n) is 8.42. The summed E-state index contributed by atoms with van der Waals surface area (Å²) in [5.74, 6) is -0.210. The van der Waals surface area contributed by atoms with Gasteiger partial charge in [-0.1, -0.05) is 12.1 Å². The maximum Gasteiger partial charge on any atom is 0.270 e. The van der Waals surface area contributed by atoms with Crippen LogP contribution in [0.2, 0.25) is 0 Å². The summed E-state index contributed by atoms with van der Waals surface area (Å²) in [7, 11) is 1.57. The maximum atomic E-state index is 11.7. The highest BCUT2D eigenvalue weighted by molar-refractivity contribution is 5.97. The smallest absolute Gasteiger partial charge is 0.270 e. The van der Waals surface area contributed by atoms with E-state index in [0.29, 0.717) is 36.7 Å². The summed E-state index contributed by atoms with van der Waals surface area (Å²) in [6, 6.07) is 9.26. The van der Waals surface area contributed by atoms with Crippen molar-refractivity contribution in [3.8, 4) is 11.3 Å². The summed E-state index contributed by atoms with van der Waals surface area (Å²) in [4.78, 5) is 33.6. The zero-order valence-electron chi connectivity index (χ0n) is 15.2. The van der Waals surface area contributed by atoms with Gasteiger partial charge >= 0.3 is 0 Å². The van der Waals surface area contributed by atoms with Gasteiger partial charge < -0.3 is 14.5 Å². The average molecular weight is 388 g/mol. The predicted molar refractivity (Wildman–Crippen MR) is 101 cm³/mol. The number of methoxy groups -OCH3 is 1. The second-order valence-corrected chi connectivity index (χ2v) is 5.68. The molecule has 0 aliphatic rings. The Bertz CT molecular complexity index is 861. The first-order chi connectivity index (χ1) is 13.5. The molecule has 0 saturated heterocycles. The molecule has 0 spiro atoms. The number of carbonyl (C=O) groups excluding carboxylic acids is 2. The van der Waals surface area contributed by atoms with Gasteiger partial charge in [0.05, 0.1) is 11.1 Å². The van der Waals surface area contributed by atoms with Gasteiger partial charge in [-0.05, 0) is 18.6 Å². The van der Waals surface area contributed by atoms with Gasteiger partial charge in [-0.15, -0.1) is 0 Å². The number of hydrogen-bond donors (Lipinski definition) is 2. The number of nitro groups is 1. The van der Waals surface area contributed by atoms with Crippen molar-refractivity contribution in [2.75, 3.05) is 20.3 Å². The molecule has 2 aromatic rings. The van der Waals surface area contributed by atoms with Gasteiger partial charge in [0.15, 0.2) is 0 Å². The van der Waals surface area contributed by atoms with Crippen molar-refractivity contribution < 1.29 is 23.7 Å². The molecule has 1 heterocycles. The number of non-ortho nitro benzene ring substituents is 1. The molecule has 1 aromatic carbocycles. The van der Waals surface area contributed by atoms with E-state index in [1.54, 1.807) is 31.4 Å². The minimum absolute atomic E-state index is 0.0446. The molecule has 10 heteroatoms. The molecular weight excluding hydrogens is 368 g/mol. The van der Waals surface area contributed by atoms with Crippen molar-refractivity contribution in [3.63, 3.8) is 0 Å². The molecule has 2 N–H and O–H groups in total. The molecule has 0 unspecified atom stereocenters. The lowest BCUT2D eigenvalue weighted by molar-refractivity contribution is -0.384. The fourth-order valence-corrected chi connectivity index (χ4v) is 2.21. The number of furan rings is 1. The first kappa shape index (κ1) is 20.8. The molecule has 0 bridgehead atoms. The van der Waals surface area contributed by atoms with Gasteiger partial charge in [-0.25, -0.2) is 5.43 Å². The van der Waals surface area contributed by atoms with E-state index >= 15 is 0 Å². The quantitative estimate of drug-likeness (QED) is 0.210. The molecule has 148 valence electrons. The Labute approximate surface area is 160 Å². The van der Waals surface area contributed by atoms with Crippen molar-refractivity contribution in [3.05, 3.63) is 52.3 Å². The van der Waals surface area contributed by atoms with Gasteiger partial charge in [-0.2, -0.15) is 5.10 Å². The van der Waals surface area contributed by atoms with E-state index in [-0.39, 0.29) is 12.1 Å². The second kappa shape index (κ2) is 10.6. The summed E-state index contributed by atoms with van der Waals surface area (Å²) in [6.07, 6.45) is 1.59. The van der Waals surface area contributed by atoms with Crippen LogP contribution in [0, 0.1) is 10.1 Å². The third-order valence-corrected chi connectivity index (χ3v) is 3.52. The van der Waals surface area contributed by atoms with Crippen LogP contribution in [-0.2, 0) is 14.3 Å². The van der Waals surface area contributed by atoms with Crippen molar-refractivity contribution in [1.29, 1.82) is 0 Å². The van der Waals surface area contributed by atoms with E-state index in [0.717, 1.165) is 0 Å². The number of benzene rings is 1. The highest BCUT2D eigenvalue weighted by Gasteiger charge is 2.10. The van der Waals surface area contributed by atoms with Crippen LogP contribution in [0.25, 0.3) is 11.3 Å². The van der Waals surface area contributed by atoms with Crippen molar-refractivity contribution >= 4 is 23.7 Å². The Kier molecular flexibility index (Phi) is 7.85. The maximum absolute atomic E-state index is 11.7. The third-order valence-electron chi connectivity index (χ3n) is 3.52. The van der Waals surface area contributed by atoms with Crippen molar-refractivity contribution in [1.82, 2.24) is 10.7 Å². The lowest BCUT2D eigenvalue weighted by atomic mass is 10.1. The normalized spacial score (nSPS) is 10.8. The van der Waals surface area contributed by atoms with E-state index in [9.17, 15) is 19.7 Å². The largest absolute Gasteiger partial charge is 0.455 e. The van der Waals surface area contributed by atoms with Crippen molar-refractivity contribution in [2.45, 2.75) is 12.8 Å². The van der Waals surface area contributed by atoms with Gasteiger partial charge in [0.25, 0.3) is 5.69 Å². The minimum Gasteiger partial charge on any atom is -0.455 e. The Morgan fingerprint density at radius 1 is 1.29 bits per heavy atom. The summed E-state index contributed by atoms with van der Waals surface area (Å²) in [6.45, 7) is 0.953. The number of nitrogens with one attached hydrogen (secondary N) is 2. The zero-order chi connectivity index (χ0) is 20.4. The van der Waals surface area contributed by atoms with E-state index in [2.05, 4.69) is 15.8 Å². The highest BCUT2D eigenvalue weighted by atomic mass is 16.6. The SMILES string of the molecule is COCCCNC(=O)CC(=O)N/N=C\c1ccc(-c2cccc([N+](=O)[O-])c2)o1. The lowest BCUT2D eigenvalue weighted by Crippen LogP contribution is -2.30. The Balaban J connectivity index is 1.83. The predicted octanol–water partition coefficient (Wildman–Crippen LogP) is 1.85. The first-order valence-corrected chi connectivity index (χ1v) is 8.42. The monoisotopic (exact) mass is 388 g/mol. The van der Waals surface area contributed by atoms with E-state index < -0.39 is 16.7 Å². The molecule has 2 rings (SSSR count). The Hall–Kier alpha value is -3.53. The third kappa shape index (κ3) is 6.65. The van der Waals surface area contributed by atoms with Crippen LogP contribution < -0.4 is 10.7 Å². The minimum atomic E-state index is -0.564. The number of ether oxygens (including phenoxy) is 1. The van der Waals surface area contributed by atoms with E-state index in [4.69, 9.17) is 9.15 Å². The van der Waals surface area contributed by atoms with Crippen LogP contribution in [0.5, 0.6) is 0 Å². The number of carbonyl (C=O) groups is 2. The van der Waals surface area contributed by atoms with Gasteiger partial charge in [0.1, 0.15) is 17.9 Å². The highest BCUT2D eigenvalue weighted by Crippen LogP contribution is 2.25. The number of hydrazone groups is 1. The zero-order valence-corrected chi connectivity index (χ0v) is 15.2. The Morgan fingerprint density at radius 2 is 2.11 bits per heavy atom. The molecule has 0 fully saturated rings. The molecule has 0 aliphatic heterocycles. The number of amides is 2. The summed E-state index contributed by atoms with van der Waals surface area (Å²) >= 11 is 0. The van der Waals surface area contributed by atoms with Crippen LogP contribution >= 0.6 is 0 Å². The van der Waals surface area contributed by atoms with Crippen LogP contribution in [0.3, 0.4) is 0 Å². The van der Waals surface area contributed by atoms with Gasteiger partial charge in [0, 0.05) is 38.0 Å². The fourth-order valence-electron chi connectivity index (χ4n) is 2.21. The number of nitrogens with zero attached hydrogens (tertiary/aromatic N) is 2. The molecule has 28 heavy (non-hydrogen) atoms. The molecule has 10 nitrogen and oxygen atoms in total. The number of hydrogen-bond acceptors (Lipinski definition) is 7. The molecule has 0 aliphatic carbocycles. The van der Waals surface area contributed by atoms with E-state index in [1.165, 1.54) is 18.3 Å². The number of nitro benzene ring substituents is 1. The second-order valence-electron chi connectivity index (χ2n) is 5.68. The molecule has 0 radical (unpaired) electrons. The number of rotatable bonds is 10. The standard InChI is InChI=1S/C18H20N4O6/c1-27-9-3-8-19-17(23)11-18(24)21-20-12-15-6-7-16(28-15)13-4-2-5-14(10-13)22(25)26/h2,4-7,10,12H,3,8-9,11H2,1H3,(H,19,23)(H,21,24)/b20-12-. The Morgan fingerprint density at radius 3 is 2.86 bits per heavy atom. The fraction of sp³-hybridized carbons (Fsp3) is 0.278. The van der Waals surface area contributed by atoms with Crippen LogP contribution in [0.1, 0.15) is 18.6 Å². The molecule has 0 saturated carbocycles. The summed E-state index contributed by atoms with van der Waals surface area (Å²) < 4.78 is 10.4. The summed E-state index contributed by atoms with van der Waals surface area (Å²) in [5, 5.41) is 17.2. The van der Waals surface area contributed by atoms with Gasteiger partial charge in [0.2, 0.25) is 11.8 Å². The van der Waals surface area contributed by atoms with Crippen LogP contribution in [0.4, 0.5) is 5.69 Å². The van der Waals surface area contributed by atoms with Crippen LogP contribution in [-0.4, -0.2) is 43.2 Å². The summed E-state index contributed by atoms with van der Waals surface area (Å²) in [5.41, 5.74) is 2.73. The molecule has 2 amide bonds. The topological polar surface area (TPSA) is 136 Å². The van der Waals surface area contributed by atoms with Crippen molar-refractivity contribution in [2.24, 2.45) is 5.10 Å². The van der Waals surface area contributed by atoms with Crippen LogP contribution in [0.15, 0.2) is 45.9 Å². The molecule has 1 aromatic heterocycles. The average Bonchev–Trinajstić information content (AvgIpc) is 3.14. The molecule has 0 atom stereocenters. The van der Waals surface area contributed by atoms with Gasteiger partial charge in [-0.3, -0.25) is 19.7 Å².